The van der Waals surface area contributed by atoms with Crippen molar-refractivity contribution in [3.63, 3.8) is 0 Å². The summed E-state index contributed by atoms with van der Waals surface area (Å²) in [5, 5.41) is 9.35. The van der Waals surface area contributed by atoms with E-state index in [0.717, 1.165) is 12.3 Å². The van der Waals surface area contributed by atoms with Crippen molar-refractivity contribution in [3.8, 4) is 0 Å². The third-order valence-corrected chi connectivity index (χ3v) is 5.08. The Morgan fingerprint density at radius 2 is 1.80 bits per heavy atom. The topological polar surface area (TPSA) is 20.2 Å². The van der Waals surface area contributed by atoms with Crippen LogP contribution in [0, 0.1) is 11.3 Å². The molecule has 1 saturated carbocycles. The molecular weight excluding hydrogens is 244 g/mol. The maximum absolute atomic E-state index is 9.35. The van der Waals surface area contributed by atoms with Gasteiger partial charge in [0.2, 0.25) is 0 Å². The molecule has 1 aliphatic carbocycles. The smallest absolute Gasteiger partial charge is 0.0487 e. The number of rotatable bonds is 6. The third kappa shape index (κ3) is 3.25. The summed E-state index contributed by atoms with van der Waals surface area (Å²) in [6.07, 6.45) is 3.57. The van der Waals surface area contributed by atoms with Gasteiger partial charge < -0.3 is 5.11 Å². The second kappa shape index (κ2) is 5.89. The van der Waals surface area contributed by atoms with Gasteiger partial charge in [-0.1, -0.05) is 52.8 Å². The SMILES string of the molecule is CC(C)c1ccc(CCC2CC2(C)CO)cc1C(C)C. The molecule has 0 saturated heterocycles. The van der Waals surface area contributed by atoms with Crippen molar-refractivity contribution in [2.45, 2.75) is 65.7 Å². The highest BCUT2D eigenvalue weighted by molar-refractivity contribution is 5.36. The zero-order chi connectivity index (χ0) is 14.9. The van der Waals surface area contributed by atoms with Crippen LogP contribution in [0.25, 0.3) is 0 Å². The molecule has 0 radical (unpaired) electrons. The van der Waals surface area contributed by atoms with Gasteiger partial charge in [-0.25, -0.2) is 0 Å². The number of hydrogen-bond donors (Lipinski definition) is 1. The van der Waals surface area contributed by atoms with Crippen molar-refractivity contribution in [2.24, 2.45) is 11.3 Å². The summed E-state index contributed by atoms with van der Waals surface area (Å²) in [4.78, 5) is 0. The number of aliphatic hydroxyl groups is 1. The minimum absolute atomic E-state index is 0.221. The zero-order valence-corrected chi connectivity index (χ0v) is 13.7. The first kappa shape index (κ1) is 15.6. The van der Waals surface area contributed by atoms with Crippen molar-refractivity contribution >= 4 is 0 Å². The molecule has 112 valence electrons. The molecule has 0 aliphatic heterocycles. The van der Waals surface area contributed by atoms with E-state index in [4.69, 9.17) is 0 Å². The molecule has 1 nitrogen and oxygen atoms in total. The molecule has 1 aliphatic rings. The van der Waals surface area contributed by atoms with Crippen molar-refractivity contribution in [1.29, 1.82) is 0 Å². The molecule has 0 amide bonds. The molecule has 0 bridgehead atoms. The molecule has 20 heavy (non-hydrogen) atoms. The maximum Gasteiger partial charge on any atom is 0.0487 e. The Morgan fingerprint density at radius 1 is 1.15 bits per heavy atom. The first-order valence-corrected chi connectivity index (χ1v) is 8.11. The van der Waals surface area contributed by atoms with Crippen LogP contribution in [0.3, 0.4) is 0 Å². The highest BCUT2D eigenvalue weighted by atomic mass is 16.3. The fraction of sp³-hybridized carbons (Fsp3) is 0.684. The monoisotopic (exact) mass is 274 g/mol. The summed E-state index contributed by atoms with van der Waals surface area (Å²) in [6.45, 7) is 11.7. The summed E-state index contributed by atoms with van der Waals surface area (Å²) < 4.78 is 0. The van der Waals surface area contributed by atoms with E-state index in [9.17, 15) is 5.11 Å². The van der Waals surface area contributed by atoms with E-state index >= 15 is 0 Å². The Labute approximate surface area is 124 Å². The van der Waals surface area contributed by atoms with Gasteiger partial charge >= 0.3 is 0 Å². The lowest BCUT2D eigenvalue weighted by Crippen LogP contribution is -2.05. The Kier molecular flexibility index (Phi) is 4.59. The molecule has 2 rings (SSSR count). The summed E-state index contributed by atoms with van der Waals surface area (Å²) in [6, 6.07) is 7.05. The second-order valence-electron chi connectivity index (χ2n) is 7.52. The molecule has 1 aromatic rings. The fourth-order valence-electron chi connectivity index (χ4n) is 3.29. The molecule has 0 spiro atoms. The Bertz CT molecular complexity index is 461. The summed E-state index contributed by atoms with van der Waals surface area (Å²) in [7, 11) is 0. The first-order valence-electron chi connectivity index (χ1n) is 8.11. The third-order valence-electron chi connectivity index (χ3n) is 5.08. The van der Waals surface area contributed by atoms with E-state index in [1.54, 1.807) is 0 Å². The molecule has 1 heteroatoms. The number of hydrogen-bond acceptors (Lipinski definition) is 1. The lowest BCUT2D eigenvalue weighted by atomic mass is 9.88. The number of aryl methyl sites for hydroxylation is 1. The lowest BCUT2D eigenvalue weighted by Gasteiger charge is -2.17. The van der Waals surface area contributed by atoms with Crippen LogP contribution in [-0.4, -0.2) is 11.7 Å². The quantitative estimate of drug-likeness (QED) is 0.783. The highest BCUT2D eigenvalue weighted by Gasteiger charge is 2.48. The molecular formula is C19H30O. The van der Waals surface area contributed by atoms with Gasteiger partial charge in [-0.2, -0.15) is 0 Å². The van der Waals surface area contributed by atoms with Gasteiger partial charge in [0.1, 0.15) is 0 Å². The molecule has 1 N–H and O–H groups in total. The second-order valence-corrected chi connectivity index (χ2v) is 7.52. The normalized spacial score (nSPS) is 25.5. The summed E-state index contributed by atoms with van der Waals surface area (Å²) >= 11 is 0. The summed E-state index contributed by atoms with van der Waals surface area (Å²) in [5.74, 6) is 1.92. The largest absolute Gasteiger partial charge is 0.396 e. The van der Waals surface area contributed by atoms with Crippen LogP contribution in [0.2, 0.25) is 0 Å². The molecule has 1 aromatic carbocycles. The predicted octanol–water partition coefficient (Wildman–Crippen LogP) is 4.88. The predicted molar refractivity (Wildman–Crippen MR) is 86.2 cm³/mol. The van der Waals surface area contributed by atoms with Gasteiger partial charge in [0.15, 0.2) is 0 Å². The maximum atomic E-state index is 9.35. The average molecular weight is 274 g/mol. The van der Waals surface area contributed by atoms with Crippen LogP contribution in [-0.2, 0) is 6.42 Å². The first-order chi connectivity index (χ1) is 9.37. The van der Waals surface area contributed by atoms with E-state index in [0.29, 0.717) is 18.4 Å². The Morgan fingerprint density at radius 3 is 2.30 bits per heavy atom. The van der Waals surface area contributed by atoms with Crippen LogP contribution < -0.4 is 0 Å². The van der Waals surface area contributed by atoms with E-state index < -0.39 is 0 Å². The molecule has 0 aromatic heterocycles. The van der Waals surface area contributed by atoms with Gasteiger partial charge in [-0.3, -0.25) is 0 Å². The highest BCUT2D eigenvalue weighted by Crippen LogP contribution is 2.54. The lowest BCUT2D eigenvalue weighted by molar-refractivity contribution is 0.210. The van der Waals surface area contributed by atoms with E-state index in [-0.39, 0.29) is 5.41 Å². The summed E-state index contributed by atoms with van der Waals surface area (Å²) in [5.41, 5.74) is 4.69. The van der Waals surface area contributed by atoms with Crippen molar-refractivity contribution in [2.75, 3.05) is 6.61 Å². The fourth-order valence-corrected chi connectivity index (χ4v) is 3.29. The van der Waals surface area contributed by atoms with Gasteiger partial charge in [0.05, 0.1) is 0 Å². The van der Waals surface area contributed by atoms with Crippen molar-refractivity contribution < 1.29 is 5.11 Å². The minimum atomic E-state index is 0.221. The van der Waals surface area contributed by atoms with Gasteiger partial charge in [-0.15, -0.1) is 0 Å². The number of benzene rings is 1. The van der Waals surface area contributed by atoms with Crippen LogP contribution >= 0.6 is 0 Å². The van der Waals surface area contributed by atoms with Crippen molar-refractivity contribution in [3.05, 3.63) is 34.9 Å². The van der Waals surface area contributed by atoms with Crippen molar-refractivity contribution in [1.82, 2.24) is 0 Å². The van der Waals surface area contributed by atoms with E-state index in [1.165, 1.54) is 29.5 Å². The Balaban J connectivity index is 2.04. The number of aliphatic hydroxyl groups excluding tert-OH is 1. The van der Waals surface area contributed by atoms with Crippen LogP contribution in [0.1, 0.15) is 76.0 Å². The van der Waals surface area contributed by atoms with Gasteiger partial charge in [-0.05, 0) is 59.1 Å². The van der Waals surface area contributed by atoms with Crippen LogP contribution in [0.15, 0.2) is 18.2 Å². The molecule has 2 unspecified atom stereocenters. The van der Waals surface area contributed by atoms with Crippen LogP contribution in [0.5, 0.6) is 0 Å². The van der Waals surface area contributed by atoms with E-state index in [1.807, 2.05) is 0 Å². The molecule has 1 fully saturated rings. The standard InChI is InChI=1S/C19H30O/c1-13(2)17-9-7-15(10-18(17)14(3)4)6-8-16-11-19(16,5)12-20/h7,9-10,13-14,16,20H,6,8,11-12H2,1-5H3. The van der Waals surface area contributed by atoms with Gasteiger partial charge in [0, 0.05) is 6.61 Å². The minimum Gasteiger partial charge on any atom is -0.396 e. The van der Waals surface area contributed by atoms with E-state index in [2.05, 4.69) is 52.8 Å². The Hall–Kier alpha value is -0.820. The zero-order valence-electron chi connectivity index (χ0n) is 13.7. The van der Waals surface area contributed by atoms with Gasteiger partial charge in [0.25, 0.3) is 0 Å². The molecule has 2 atom stereocenters. The average Bonchev–Trinajstić information content (AvgIpc) is 3.07. The van der Waals surface area contributed by atoms with Crippen LogP contribution in [0.4, 0.5) is 0 Å². The molecule has 0 heterocycles.